The Hall–Kier alpha value is -4.56. The molecule has 5 aromatic rings. The topological polar surface area (TPSA) is 110 Å². The fraction of sp³-hybridized carbons (Fsp3) is 0.161. The van der Waals surface area contributed by atoms with E-state index in [-0.39, 0.29) is 11.8 Å². The van der Waals surface area contributed by atoms with E-state index >= 15 is 0 Å². The Labute approximate surface area is 231 Å². The number of carbonyl (C=O) groups excluding carboxylic acids is 2. The van der Waals surface area contributed by atoms with E-state index < -0.39 is 0 Å². The minimum absolute atomic E-state index is 0.262. The van der Waals surface area contributed by atoms with Gasteiger partial charge in [0.15, 0.2) is 0 Å². The molecule has 0 aliphatic rings. The molecule has 0 unspecified atom stereocenters. The SMILES string of the molecule is Cc1ccc(NC(=O)c2c(C)nc3sc(C(=O)NCCc4ccccc4)c(N)c3c2-c2cccnc2)c(C)c1. The van der Waals surface area contributed by atoms with Gasteiger partial charge in [-0.15, -0.1) is 11.3 Å². The third-order valence-corrected chi connectivity index (χ3v) is 7.71. The molecular formula is C31H29N5O2S. The summed E-state index contributed by atoms with van der Waals surface area (Å²) in [7, 11) is 0. The summed E-state index contributed by atoms with van der Waals surface area (Å²) < 4.78 is 0. The number of nitrogens with two attached hydrogens (primary N) is 1. The van der Waals surface area contributed by atoms with Crippen molar-refractivity contribution in [3.63, 3.8) is 0 Å². The van der Waals surface area contributed by atoms with Crippen LogP contribution >= 0.6 is 11.3 Å². The second-order valence-corrected chi connectivity index (χ2v) is 10.5. The van der Waals surface area contributed by atoms with Gasteiger partial charge in [-0.05, 0) is 50.5 Å². The van der Waals surface area contributed by atoms with Crippen LogP contribution in [0, 0.1) is 20.8 Å². The highest BCUT2D eigenvalue weighted by Crippen LogP contribution is 2.42. The molecule has 196 valence electrons. The molecule has 0 bridgehead atoms. The molecule has 2 amide bonds. The number of anilines is 2. The Morgan fingerprint density at radius 3 is 2.49 bits per heavy atom. The molecule has 0 aliphatic heterocycles. The summed E-state index contributed by atoms with van der Waals surface area (Å²) in [5.74, 6) is -0.560. The maximum atomic E-state index is 13.7. The van der Waals surface area contributed by atoms with E-state index in [1.54, 1.807) is 19.3 Å². The quantitative estimate of drug-likeness (QED) is 0.234. The van der Waals surface area contributed by atoms with E-state index in [0.717, 1.165) is 27.9 Å². The Bertz CT molecular complexity index is 1680. The average molecular weight is 536 g/mol. The van der Waals surface area contributed by atoms with Crippen molar-refractivity contribution in [3.05, 3.63) is 106 Å². The van der Waals surface area contributed by atoms with Gasteiger partial charge in [-0.3, -0.25) is 14.6 Å². The fourth-order valence-corrected chi connectivity index (χ4v) is 5.76. The number of nitrogens with one attached hydrogen (secondary N) is 2. The molecule has 39 heavy (non-hydrogen) atoms. The molecular weight excluding hydrogens is 506 g/mol. The summed E-state index contributed by atoms with van der Waals surface area (Å²) in [5, 5.41) is 6.60. The molecule has 3 heterocycles. The summed E-state index contributed by atoms with van der Waals surface area (Å²) >= 11 is 1.23. The van der Waals surface area contributed by atoms with Crippen LogP contribution in [0.5, 0.6) is 0 Å². The molecule has 4 N–H and O–H groups in total. The lowest BCUT2D eigenvalue weighted by Crippen LogP contribution is -2.25. The third kappa shape index (κ3) is 5.37. The Kier molecular flexibility index (Phi) is 7.38. The van der Waals surface area contributed by atoms with Gasteiger partial charge in [-0.2, -0.15) is 0 Å². The maximum absolute atomic E-state index is 13.7. The zero-order valence-corrected chi connectivity index (χ0v) is 22.9. The molecule has 2 aromatic carbocycles. The number of fused-ring (bicyclic) bond motifs is 1. The number of nitrogens with zero attached hydrogens (tertiary/aromatic N) is 2. The van der Waals surface area contributed by atoms with Gasteiger partial charge < -0.3 is 16.4 Å². The number of aromatic nitrogens is 2. The maximum Gasteiger partial charge on any atom is 0.263 e. The molecule has 0 saturated carbocycles. The zero-order valence-electron chi connectivity index (χ0n) is 22.0. The van der Waals surface area contributed by atoms with Crippen molar-refractivity contribution in [2.24, 2.45) is 0 Å². The largest absolute Gasteiger partial charge is 0.397 e. The van der Waals surface area contributed by atoms with Crippen LogP contribution in [-0.2, 0) is 6.42 Å². The van der Waals surface area contributed by atoms with Crippen LogP contribution in [0.15, 0.2) is 73.1 Å². The van der Waals surface area contributed by atoms with Gasteiger partial charge >= 0.3 is 0 Å². The van der Waals surface area contributed by atoms with Crippen molar-refractivity contribution in [2.45, 2.75) is 27.2 Å². The van der Waals surface area contributed by atoms with E-state index in [1.165, 1.54) is 11.3 Å². The monoisotopic (exact) mass is 535 g/mol. The molecule has 5 rings (SSSR count). The number of amides is 2. The summed E-state index contributed by atoms with van der Waals surface area (Å²) in [4.78, 5) is 36.9. The van der Waals surface area contributed by atoms with E-state index in [2.05, 4.69) is 15.6 Å². The second kappa shape index (κ2) is 11.0. The normalized spacial score (nSPS) is 10.9. The third-order valence-electron chi connectivity index (χ3n) is 6.61. The predicted octanol–water partition coefficient (Wildman–Crippen LogP) is 6.09. The lowest BCUT2D eigenvalue weighted by molar-refractivity contribution is 0.0958. The number of pyridine rings is 2. The van der Waals surface area contributed by atoms with Gasteiger partial charge in [-0.1, -0.05) is 54.1 Å². The van der Waals surface area contributed by atoms with E-state index in [4.69, 9.17) is 10.7 Å². The number of thiophene rings is 1. The summed E-state index contributed by atoms with van der Waals surface area (Å²) in [5.41, 5.74) is 13.1. The van der Waals surface area contributed by atoms with Crippen LogP contribution in [0.1, 0.15) is 42.4 Å². The van der Waals surface area contributed by atoms with Crippen molar-refractivity contribution in [2.75, 3.05) is 17.6 Å². The van der Waals surface area contributed by atoms with Crippen molar-refractivity contribution in [3.8, 4) is 11.1 Å². The first-order chi connectivity index (χ1) is 18.8. The van der Waals surface area contributed by atoms with Gasteiger partial charge in [0, 0.05) is 41.1 Å². The number of nitrogen functional groups attached to an aromatic ring is 1. The van der Waals surface area contributed by atoms with E-state index in [1.807, 2.05) is 74.5 Å². The molecule has 0 spiro atoms. The smallest absolute Gasteiger partial charge is 0.263 e. The molecule has 0 saturated heterocycles. The van der Waals surface area contributed by atoms with Crippen LogP contribution in [-0.4, -0.2) is 28.3 Å². The highest BCUT2D eigenvalue weighted by molar-refractivity contribution is 7.21. The number of hydrogen-bond acceptors (Lipinski definition) is 6. The molecule has 0 fully saturated rings. The standard InChI is InChI=1S/C31H29N5O2S/c1-18-11-12-23(19(2)16-18)36-29(37)24-20(3)35-31-26(25(24)22-10-7-14-33-17-22)27(32)28(39-31)30(38)34-15-13-21-8-5-4-6-9-21/h4-12,14,16-17H,13,15,32H2,1-3H3,(H,34,38)(H,36,37). The predicted molar refractivity (Wildman–Crippen MR) is 158 cm³/mol. The van der Waals surface area contributed by atoms with Crippen LogP contribution < -0.4 is 16.4 Å². The second-order valence-electron chi connectivity index (χ2n) is 9.48. The van der Waals surface area contributed by atoms with Crippen molar-refractivity contribution >= 4 is 44.7 Å². The molecule has 7 nitrogen and oxygen atoms in total. The highest BCUT2D eigenvalue weighted by atomic mass is 32.1. The Morgan fingerprint density at radius 2 is 1.77 bits per heavy atom. The minimum Gasteiger partial charge on any atom is -0.397 e. The lowest BCUT2D eigenvalue weighted by atomic mass is 9.95. The highest BCUT2D eigenvalue weighted by Gasteiger charge is 2.27. The number of benzene rings is 2. The van der Waals surface area contributed by atoms with Crippen molar-refractivity contribution in [1.82, 2.24) is 15.3 Å². The Balaban J connectivity index is 1.55. The van der Waals surface area contributed by atoms with E-state index in [0.29, 0.717) is 50.6 Å². The number of carbonyl (C=O) groups is 2. The summed E-state index contributed by atoms with van der Waals surface area (Å²) in [6, 6.07) is 19.5. The van der Waals surface area contributed by atoms with Crippen LogP contribution in [0.25, 0.3) is 21.3 Å². The fourth-order valence-electron chi connectivity index (χ4n) is 4.70. The molecule has 8 heteroatoms. The van der Waals surface area contributed by atoms with Gasteiger partial charge in [0.05, 0.1) is 16.9 Å². The first-order valence-electron chi connectivity index (χ1n) is 12.7. The first-order valence-corrected chi connectivity index (χ1v) is 13.5. The number of hydrogen-bond donors (Lipinski definition) is 3. The van der Waals surface area contributed by atoms with Crippen LogP contribution in [0.2, 0.25) is 0 Å². The van der Waals surface area contributed by atoms with E-state index in [9.17, 15) is 9.59 Å². The first kappa shape index (κ1) is 26.1. The summed E-state index contributed by atoms with van der Waals surface area (Å²) in [6.07, 6.45) is 4.07. The average Bonchev–Trinajstić information content (AvgIpc) is 3.26. The molecule has 0 atom stereocenters. The lowest BCUT2D eigenvalue weighted by Gasteiger charge is -2.16. The van der Waals surface area contributed by atoms with Gasteiger partial charge in [0.2, 0.25) is 0 Å². The minimum atomic E-state index is -0.299. The van der Waals surface area contributed by atoms with Crippen molar-refractivity contribution in [1.29, 1.82) is 0 Å². The zero-order chi connectivity index (χ0) is 27.5. The van der Waals surface area contributed by atoms with Crippen LogP contribution in [0.4, 0.5) is 11.4 Å². The van der Waals surface area contributed by atoms with Gasteiger partial charge in [0.25, 0.3) is 11.8 Å². The molecule has 0 aliphatic carbocycles. The Morgan fingerprint density at radius 1 is 0.974 bits per heavy atom. The number of aryl methyl sites for hydroxylation is 3. The van der Waals surface area contributed by atoms with Crippen molar-refractivity contribution < 1.29 is 9.59 Å². The van der Waals surface area contributed by atoms with Crippen LogP contribution in [0.3, 0.4) is 0 Å². The van der Waals surface area contributed by atoms with Gasteiger partial charge in [0.1, 0.15) is 9.71 Å². The number of rotatable bonds is 7. The summed E-state index contributed by atoms with van der Waals surface area (Å²) in [6.45, 7) is 6.24. The molecule has 0 radical (unpaired) electrons. The molecule has 3 aromatic heterocycles. The van der Waals surface area contributed by atoms with Gasteiger partial charge in [-0.25, -0.2) is 4.98 Å².